The van der Waals surface area contributed by atoms with E-state index in [9.17, 15) is 18.0 Å². The zero-order valence-corrected chi connectivity index (χ0v) is 15.5. The summed E-state index contributed by atoms with van der Waals surface area (Å²) in [5.41, 5.74) is 0.606. The Morgan fingerprint density at radius 2 is 1.88 bits per heavy atom. The van der Waals surface area contributed by atoms with Crippen molar-refractivity contribution < 1.29 is 18.0 Å². The van der Waals surface area contributed by atoms with Crippen molar-refractivity contribution in [3.63, 3.8) is 0 Å². The van der Waals surface area contributed by atoms with Gasteiger partial charge in [-0.1, -0.05) is 29.5 Å². The van der Waals surface area contributed by atoms with Gasteiger partial charge >= 0.3 is 0 Å². The summed E-state index contributed by atoms with van der Waals surface area (Å²) in [5.74, 6) is 4.57. The Morgan fingerprint density at radius 3 is 2.46 bits per heavy atom. The topological polar surface area (TPSA) is 93.2 Å². The van der Waals surface area contributed by atoms with E-state index >= 15 is 0 Å². The number of carbonyl (C=O) groups is 2. The molecule has 1 fully saturated rings. The van der Waals surface area contributed by atoms with E-state index in [1.54, 1.807) is 30.3 Å². The highest BCUT2D eigenvalue weighted by molar-refractivity contribution is 8.25. The summed E-state index contributed by atoms with van der Waals surface area (Å²) in [6.07, 6.45) is 0.941. The molecule has 26 heavy (non-hydrogen) atoms. The molecule has 2 amide bonds. The van der Waals surface area contributed by atoms with Gasteiger partial charge in [0.25, 0.3) is 11.1 Å². The van der Waals surface area contributed by atoms with Gasteiger partial charge in [0, 0.05) is 23.2 Å². The Morgan fingerprint density at radius 1 is 1.15 bits per heavy atom. The number of rotatable bonds is 3. The van der Waals surface area contributed by atoms with Crippen LogP contribution in [0.1, 0.15) is 12.0 Å². The van der Waals surface area contributed by atoms with E-state index in [1.165, 1.54) is 18.3 Å². The molecule has 1 saturated heterocycles. The predicted octanol–water partition coefficient (Wildman–Crippen LogP) is 2.63. The standard InChI is InChI=1S/C17H11ClN2O4S2/c18-13-8-6-12(7-9-13)4-3-10-17(15(21)20-16(22)25-17)26(23,24)14-5-1-2-11-19-14/h1-2,5-9,11H,10H2,(H,20,21,22). The van der Waals surface area contributed by atoms with Crippen LogP contribution in [-0.4, -0.2) is 28.6 Å². The Hall–Kier alpha value is -2.34. The maximum Gasteiger partial charge on any atom is 0.287 e. The molecule has 2 aromatic rings. The van der Waals surface area contributed by atoms with Gasteiger partial charge < -0.3 is 0 Å². The first kappa shape index (κ1) is 18.5. The Kier molecular flexibility index (Phi) is 5.05. The molecule has 0 spiro atoms. The van der Waals surface area contributed by atoms with Gasteiger partial charge in [0.15, 0.2) is 5.03 Å². The van der Waals surface area contributed by atoms with Crippen molar-refractivity contribution in [3.8, 4) is 11.8 Å². The fourth-order valence-electron chi connectivity index (χ4n) is 2.27. The van der Waals surface area contributed by atoms with Gasteiger partial charge in [-0.3, -0.25) is 14.9 Å². The van der Waals surface area contributed by atoms with E-state index in [0.29, 0.717) is 22.3 Å². The molecule has 0 radical (unpaired) electrons. The minimum atomic E-state index is -4.25. The number of sulfone groups is 1. The molecule has 3 rings (SSSR count). The summed E-state index contributed by atoms with van der Waals surface area (Å²) in [4.78, 5) is 27.9. The van der Waals surface area contributed by atoms with Gasteiger partial charge in [0.2, 0.25) is 13.9 Å². The van der Waals surface area contributed by atoms with Gasteiger partial charge in [-0.25, -0.2) is 13.4 Å². The van der Waals surface area contributed by atoms with Crippen LogP contribution in [-0.2, 0) is 14.6 Å². The number of halogens is 1. The lowest BCUT2D eigenvalue weighted by molar-refractivity contribution is -0.119. The summed E-state index contributed by atoms with van der Waals surface area (Å²) in [6, 6.07) is 11.0. The van der Waals surface area contributed by atoms with Gasteiger partial charge in [0.05, 0.1) is 0 Å². The molecule has 1 aliphatic heterocycles. The fourth-order valence-corrected chi connectivity index (χ4v) is 5.40. The third-order valence-electron chi connectivity index (χ3n) is 3.56. The fraction of sp³-hybridized carbons (Fsp3) is 0.118. The van der Waals surface area contributed by atoms with Crippen molar-refractivity contribution in [2.45, 2.75) is 15.5 Å². The van der Waals surface area contributed by atoms with Crippen LogP contribution in [0, 0.1) is 11.8 Å². The van der Waals surface area contributed by atoms with Crippen molar-refractivity contribution in [1.29, 1.82) is 0 Å². The molecule has 1 aromatic carbocycles. The third-order valence-corrected chi connectivity index (χ3v) is 7.66. The number of hydrogen-bond acceptors (Lipinski definition) is 6. The second-order valence-electron chi connectivity index (χ2n) is 5.25. The quantitative estimate of drug-likeness (QED) is 0.787. The minimum Gasteiger partial charge on any atom is -0.285 e. The summed E-state index contributed by atoms with van der Waals surface area (Å²) in [6.45, 7) is 0. The van der Waals surface area contributed by atoms with E-state index in [1.807, 2.05) is 5.32 Å². The maximum atomic E-state index is 13.0. The number of imide groups is 1. The average Bonchev–Trinajstić information content (AvgIpc) is 2.92. The lowest BCUT2D eigenvalue weighted by Crippen LogP contribution is -2.43. The van der Waals surface area contributed by atoms with Crippen LogP contribution in [0.4, 0.5) is 4.79 Å². The first-order valence-electron chi connectivity index (χ1n) is 7.30. The van der Waals surface area contributed by atoms with Gasteiger partial charge in [-0.15, -0.1) is 0 Å². The number of aromatic nitrogens is 1. The molecule has 1 unspecified atom stereocenters. The largest absolute Gasteiger partial charge is 0.287 e. The van der Waals surface area contributed by atoms with Crippen LogP contribution in [0.2, 0.25) is 5.02 Å². The van der Waals surface area contributed by atoms with Crippen LogP contribution < -0.4 is 5.32 Å². The van der Waals surface area contributed by atoms with Crippen LogP contribution >= 0.6 is 23.4 Å². The van der Waals surface area contributed by atoms with E-state index in [4.69, 9.17) is 11.6 Å². The minimum absolute atomic E-state index is 0.286. The number of thioether (sulfide) groups is 1. The molecular weight excluding hydrogens is 396 g/mol. The second-order valence-corrected chi connectivity index (χ2v) is 9.34. The Labute approximate surface area is 159 Å². The molecule has 132 valence electrons. The number of carbonyl (C=O) groups excluding carboxylic acids is 2. The highest BCUT2D eigenvalue weighted by atomic mass is 35.5. The van der Waals surface area contributed by atoms with Crippen LogP contribution in [0.15, 0.2) is 53.7 Å². The molecule has 9 heteroatoms. The Bertz CT molecular complexity index is 1030. The second kappa shape index (κ2) is 7.11. The number of nitrogens with one attached hydrogen (secondary N) is 1. The van der Waals surface area contributed by atoms with Crippen molar-refractivity contribution in [2.24, 2.45) is 0 Å². The molecule has 1 N–H and O–H groups in total. The lowest BCUT2D eigenvalue weighted by Gasteiger charge is -2.21. The van der Waals surface area contributed by atoms with Gasteiger partial charge in [-0.05, 0) is 48.2 Å². The molecule has 1 aliphatic rings. The molecule has 0 aliphatic carbocycles. The highest BCUT2D eigenvalue weighted by Crippen LogP contribution is 2.42. The molecule has 6 nitrogen and oxygen atoms in total. The molecule has 1 aromatic heterocycles. The smallest absolute Gasteiger partial charge is 0.285 e. The first-order chi connectivity index (χ1) is 12.3. The van der Waals surface area contributed by atoms with Crippen LogP contribution in [0.5, 0.6) is 0 Å². The van der Waals surface area contributed by atoms with Crippen molar-refractivity contribution in [2.75, 3.05) is 0 Å². The van der Waals surface area contributed by atoms with Crippen LogP contribution in [0.25, 0.3) is 0 Å². The molecule has 0 bridgehead atoms. The van der Waals surface area contributed by atoms with Gasteiger partial charge in [-0.2, -0.15) is 0 Å². The average molecular weight is 407 g/mol. The summed E-state index contributed by atoms with van der Waals surface area (Å²) >= 11 is 6.22. The maximum absolute atomic E-state index is 13.0. The molecular formula is C17H11ClN2O4S2. The summed E-state index contributed by atoms with van der Waals surface area (Å²) < 4.78 is 24.0. The third kappa shape index (κ3) is 3.33. The predicted molar refractivity (Wildman–Crippen MR) is 98.2 cm³/mol. The number of nitrogens with zero attached hydrogens (tertiary/aromatic N) is 1. The zero-order valence-electron chi connectivity index (χ0n) is 13.1. The van der Waals surface area contributed by atoms with Crippen molar-refractivity contribution in [1.82, 2.24) is 10.3 Å². The van der Waals surface area contributed by atoms with E-state index in [-0.39, 0.29) is 11.4 Å². The zero-order chi connectivity index (χ0) is 18.8. The summed E-state index contributed by atoms with van der Waals surface area (Å²) in [5, 5.41) is 1.56. The number of amides is 2. The summed E-state index contributed by atoms with van der Waals surface area (Å²) in [7, 11) is -4.25. The molecule has 2 heterocycles. The van der Waals surface area contributed by atoms with E-state index < -0.39 is 25.1 Å². The van der Waals surface area contributed by atoms with Crippen molar-refractivity contribution in [3.05, 3.63) is 59.2 Å². The SMILES string of the molecule is O=C1NC(=O)C(CC#Cc2ccc(Cl)cc2)(S(=O)(=O)c2ccccn2)S1. The van der Waals surface area contributed by atoms with E-state index in [0.717, 1.165) is 0 Å². The van der Waals surface area contributed by atoms with Gasteiger partial charge in [0.1, 0.15) is 0 Å². The number of benzene rings is 1. The van der Waals surface area contributed by atoms with Crippen molar-refractivity contribution >= 4 is 44.3 Å². The first-order valence-corrected chi connectivity index (χ1v) is 9.97. The number of pyridine rings is 1. The lowest BCUT2D eigenvalue weighted by atomic mass is 10.2. The molecule has 1 atom stereocenters. The normalized spacial score (nSPS) is 19.6. The molecule has 0 saturated carbocycles. The van der Waals surface area contributed by atoms with Crippen LogP contribution in [0.3, 0.4) is 0 Å². The Balaban J connectivity index is 2.00. The number of hydrogen-bond donors (Lipinski definition) is 1. The van der Waals surface area contributed by atoms with E-state index in [2.05, 4.69) is 16.8 Å². The monoisotopic (exact) mass is 406 g/mol. The highest BCUT2D eigenvalue weighted by Gasteiger charge is 2.58.